The van der Waals surface area contributed by atoms with E-state index >= 15 is 0 Å². The van der Waals surface area contributed by atoms with Crippen molar-refractivity contribution in [2.75, 3.05) is 19.5 Å². The summed E-state index contributed by atoms with van der Waals surface area (Å²) in [6, 6.07) is 12.4. The number of anilines is 1. The third kappa shape index (κ3) is 5.84. The maximum Gasteiger partial charge on any atom is 0.271 e. The molecule has 2 amide bonds. The molecule has 2 aromatic rings. The van der Waals surface area contributed by atoms with E-state index in [2.05, 4.69) is 15.8 Å². The van der Waals surface area contributed by atoms with Gasteiger partial charge in [0.25, 0.3) is 5.91 Å². The van der Waals surface area contributed by atoms with Gasteiger partial charge in [0, 0.05) is 17.2 Å². The number of ether oxygens (including phenoxy) is 2. The standard InChI is InChI=1S/C24H29N3O4/c1-16(26-27-24(29)19-11-14-21(30-2)22(15-19)31-3)17-9-12-20(13-10-17)25-23(28)18-7-5-4-6-8-18/h9-15,18H,4-8H2,1-3H3,(H,25,28)(H,27,29)/b26-16-. The van der Waals surface area contributed by atoms with Crippen molar-refractivity contribution in [3.63, 3.8) is 0 Å². The van der Waals surface area contributed by atoms with Gasteiger partial charge in [-0.1, -0.05) is 31.4 Å². The number of carbonyl (C=O) groups excluding carboxylic acids is 2. The largest absolute Gasteiger partial charge is 0.493 e. The van der Waals surface area contributed by atoms with Crippen molar-refractivity contribution in [1.82, 2.24) is 5.43 Å². The lowest BCUT2D eigenvalue weighted by molar-refractivity contribution is -0.120. The minimum atomic E-state index is -0.350. The molecule has 2 N–H and O–H groups in total. The highest BCUT2D eigenvalue weighted by atomic mass is 16.5. The van der Waals surface area contributed by atoms with Crippen molar-refractivity contribution in [3.05, 3.63) is 53.6 Å². The van der Waals surface area contributed by atoms with Crippen molar-refractivity contribution in [1.29, 1.82) is 0 Å². The van der Waals surface area contributed by atoms with Crippen LogP contribution in [-0.4, -0.2) is 31.7 Å². The minimum Gasteiger partial charge on any atom is -0.493 e. The number of nitrogens with one attached hydrogen (secondary N) is 2. The van der Waals surface area contributed by atoms with Gasteiger partial charge < -0.3 is 14.8 Å². The zero-order valence-corrected chi connectivity index (χ0v) is 18.2. The molecule has 0 saturated heterocycles. The number of hydrogen-bond donors (Lipinski definition) is 2. The SMILES string of the molecule is COc1ccc(C(=O)N/N=C(/C)c2ccc(NC(=O)C3CCCCC3)cc2)cc1OC. The van der Waals surface area contributed by atoms with E-state index in [1.54, 1.807) is 18.2 Å². The van der Waals surface area contributed by atoms with E-state index in [1.165, 1.54) is 20.6 Å². The molecule has 0 unspecified atom stereocenters. The molecule has 2 aromatic carbocycles. The number of carbonyl (C=O) groups is 2. The lowest BCUT2D eigenvalue weighted by atomic mass is 9.88. The van der Waals surface area contributed by atoms with E-state index in [0.717, 1.165) is 36.9 Å². The monoisotopic (exact) mass is 423 g/mol. The molecule has 0 bridgehead atoms. The number of nitrogens with zero attached hydrogens (tertiary/aromatic N) is 1. The summed E-state index contributed by atoms with van der Waals surface area (Å²) >= 11 is 0. The highest BCUT2D eigenvalue weighted by Gasteiger charge is 2.21. The Bertz CT molecular complexity index is 948. The molecule has 0 aromatic heterocycles. The quantitative estimate of drug-likeness (QED) is 0.511. The van der Waals surface area contributed by atoms with Crippen LogP contribution in [0.2, 0.25) is 0 Å². The molecule has 164 valence electrons. The van der Waals surface area contributed by atoms with Gasteiger partial charge in [-0.25, -0.2) is 5.43 Å². The zero-order chi connectivity index (χ0) is 22.2. The fraction of sp³-hybridized carbons (Fsp3) is 0.375. The summed E-state index contributed by atoms with van der Waals surface area (Å²) in [7, 11) is 3.06. The molecule has 3 rings (SSSR count). The van der Waals surface area contributed by atoms with Crippen LogP contribution in [0.5, 0.6) is 11.5 Å². The molecule has 1 saturated carbocycles. The second-order valence-corrected chi connectivity index (χ2v) is 7.61. The second kappa shape index (κ2) is 10.6. The molecule has 0 atom stereocenters. The van der Waals surface area contributed by atoms with Crippen molar-refractivity contribution in [3.8, 4) is 11.5 Å². The van der Waals surface area contributed by atoms with Gasteiger partial charge in [0.2, 0.25) is 5.91 Å². The number of hydrazone groups is 1. The fourth-order valence-corrected chi connectivity index (χ4v) is 3.65. The van der Waals surface area contributed by atoms with Crippen LogP contribution in [0.1, 0.15) is 54.9 Å². The van der Waals surface area contributed by atoms with E-state index in [1.807, 2.05) is 31.2 Å². The van der Waals surface area contributed by atoms with Crippen LogP contribution < -0.4 is 20.2 Å². The smallest absolute Gasteiger partial charge is 0.271 e. The van der Waals surface area contributed by atoms with Crippen molar-refractivity contribution in [2.24, 2.45) is 11.0 Å². The Morgan fingerprint density at radius 3 is 2.19 bits per heavy atom. The van der Waals surface area contributed by atoms with Crippen molar-refractivity contribution in [2.45, 2.75) is 39.0 Å². The summed E-state index contributed by atoms with van der Waals surface area (Å²) < 4.78 is 10.4. The van der Waals surface area contributed by atoms with Crippen LogP contribution in [0.25, 0.3) is 0 Å². The van der Waals surface area contributed by atoms with Gasteiger partial charge in [0.1, 0.15) is 0 Å². The summed E-state index contributed by atoms with van der Waals surface area (Å²) in [6.07, 6.45) is 5.41. The first-order chi connectivity index (χ1) is 15.0. The van der Waals surface area contributed by atoms with Crippen molar-refractivity contribution >= 4 is 23.2 Å². The van der Waals surface area contributed by atoms with Gasteiger partial charge in [-0.05, 0) is 55.7 Å². The summed E-state index contributed by atoms with van der Waals surface area (Å²) in [6.45, 7) is 1.81. The molecule has 0 aliphatic heterocycles. The number of hydrogen-bond acceptors (Lipinski definition) is 5. The summed E-state index contributed by atoms with van der Waals surface area (Å²) in [4.78, 5) is 24.8. The van der Waals surface area contributed by atoms with Gasteiger partial charge in [0.15, 0.2) is 11.5 Å². The summed E-state index contributed by atoms with van der Waals surface area (Å²) in [5, 5.41) is 7.19. The highest BCUT2D eigenvalue weighted by molar-refractivity contribution is 6.01. The van der Waals surface area contributed by atoms with Crippen LogP contribution in [0.4, 0.5) is 5.69 Å². The first kappa shape index (κ1) is 22.3. The van der Waals surface area contributed by atoms with E-state index in [0.29, 0.717) is 22.8 Å². The highest BCUT2D eigenvalue weighted by Crippen LogP contribution is 2.27. The molecule has 0 heterocycles. The Morgan fingerprint density at radius 2 is 1.55 bits per heavy atom. The Kier molecular flexibility index (Phi) is 7.65. The number of benzene rings is 2. The molecule has 0 radical (unpaired) electrons. The topological polar surface area (TPSA) is 89.0 Å². The predicted octanol–water partition coefficient (Wildman–Crippen LogP) is 4.38. The lowest BCUT2D eigenvalue weighted by Gasteiger charge is -2.20. The van der Waals surface area contributed by atoms with Gasteiger partial charge in [-0.3, -0.25) is 9.59 Å². The van der Waals surface area contributed by atoms with E-state index in [-0.39, 0.29) is 17.7 Å². The molecule has 1 fully saturated rings. The third-order valence-corrected chi connectivity index (χ3v) is 5.52. The molecule has 7 heteroatoms. The predicted molar refractivity (Wildman–Crippen MR) is 121 cm³/mol. The third-order valence-electron chi connectivity index (χ3n) is 5.52. The second-order valence-electron chi connectivity index (χ2n) is 7.61. The van der Waals surface area contributed by atoms with E-state index in [9.17, 15) is 9.59 Å². The van der Waals surface area contributed by atoms with Gasteiger partial charge >= 0.3 is 0 Å². The molecule has 7 nitrogen and oxygen atoms in total. The molecule has 31 heavy (non-hydrogen) atoms. The molecule has 0 spiro atoms. The molecule has 1 aliphatic rings. The first-order valence-electron chi connectivity index (χ1n) is 10.5. The maximum absolute atomic E-state index is 12.4. The Morgan fingerprint density at radius 1 is 0.903 bits per heavy atom. The van der Waals surface area contributed by atoms with Crippen LogP contribution in [-0.2, 0) is 4.79 Å². The van der Waals surface area contributed by atoms with Crippen LogP contribution in [0.3, 0.4) is 0 Å². The number of amides is 2. The number of methoxy groups -OCH3 is 2. The molecular formula is C24H29N3O4. The average Bonchev–Trinajstić information content (AvgIpc) is 2.82. The molecular weight excluding hydrogens is 394 g/mol. The normalized spacial score (nSPS) is 14.6. The van der Waals surface area contributed by atoms with Crippen LogP contribution in [0.15, 0.2) is 47.6 Å². The van der Waals surface area contributed by atoms with Gasteiger partial charge in [0.05, 0.1) is 19.9 Å². The van der Waals surface area contributed by atoms with Crippen LogP contribution in [0, 0.1) is 5.92 Å². The maximum atomic E-state index is 12.4. The van der Waals surface area contributed by atoms with Crippen molar-refractivity contribution < 1.29 is 19.1 Å². The Hall–Kier alpha value is -3.35. The Balaban J connectivity index is 1.59. The lowest BCUT2D eigenvalue weighted by Crippen LogP contribution is -2.24. The number of rotatable bonds is 7. The van der Waals surface area contributed by atoms with Gasteiger partial charge in [-0.15, -0.1) is 0 Å². The minimum absolute atomic E-state index is 0.0972. The van der Waals surface area contributed by atoms with Crippen LogP contribution >= 0.6 is 0 Å². The average molecular weight is 424 g/mol. The summed E-state index contributed by atoms with van der Waals surface area (Å²) in [5.41, 5.74) is 5.24. The van der Waals surface area contributed by atoms with E-state index in [4.69, 9.17) is 9.47 Å². The van der Waals surface area contributed by atoms with Gasteiger partial charge in [-0.2, -0.15) is 5.10 Å². The summed E-state index contributed by atoms with van der Waals surface area (Å²) in [5.74, 6) is 0.885. The fourth-order valence-electron chi connectivity index (χ4n) is 3.65. The first-order valence-corrected chi connectivity index (χ1v) is 10.5. The van der Waals surface area contributed by atoms with E-state index < -0.39 is 0 Å². The Labute approximate surface area is 182 Å². The molecule has 1 aliphatic carbocycles. The zero-order valence-electron chi connectivity index (χ0n) is 18.2.